The van der Waals surface area contributed by atoms with Gasteiger partial charge in [0.05, 0.1) is 0 Å². The molecular formula is C17H33N. The molecule has 0 bridgehead atoms. The van der Waals surface area contributed by atoms with Crippen molar-refractivity contribution < 1.29 is 0 Å². The summed E-state index contributed by atoms with van der Waals surface area (Å²) in [6.45, 7) is 14.0. The average Bonchev–Trinajstić information content (AvgIpc) is 2.31. The molecule has 1 saturated carbocycles. The van der Waals surface area contributed by atoms with Gasteiger partial charge >= 0.3 is 0 Å². The Labute approximate surface area is 114 Å². The summed E-state index contributed by atoms with van der Waals surface area (Å²) in [5, 5.41) is 3.51. The zero-order chi connectivity index (χ0) is 13.5. The van der Waals surface area contributed by atoms with Gasteiger partial charge in [-0.05, 0) is 69.4 Å². The Morgan fingerprint density at radius 3 is 2.56 bits per heavy atom. The molecule has 1 nitrogen and oxygen atoms in total. The van der Waals surface area contributed by atoms with Crippen LogP contribution < -0.4 is 5.32 Å². The maximum atomic E-state index is 3.51. The number of allylic oxidation sites excluding steroid dienone is 1. The molecule has 0 aromatic heterocycles. The molecule has 3 atom stereocenters. The molecular weight excluding hydrogens is 218 g/mol. The smallest absolute Gasteiger partial charge is 0.00141 e. The largest absolute Gasteiger partial charge is 0.316 e. The van der Waals surface area contributed by atoms with Gasteiger partial charge in [0.25, 0.3) is 0 Å². The lowest BCUT2D eigenvalue weighted by molar-refractivity contribution is 0.229. The summed E-state index contributed by atoms with van der Waals surface area (Å²) < 4.78 is 0. The van der Waals surface area contributed by atoms with Crippen LogP contribution in [0.15, 0.2) is 11.6 Å². The van der Waals surface area contributed by atoms with E-state index in [1.807, 2.05) is 0 Å². The number of hydrogen-bond donors (Lipinski definition) is 1. The highest BCUT2D eigenvalue weighted by Gasteiger charge is 2.24. The molecule has 1 aliphatic carbocycles. The van der Waals surface area contributed by atoms with Crippen LogP contribution >= 0.6 is 0 Å². The van der Waals surface area contributed by atoms with E-state index in [0.29, 0.717) is 0 Å². The first-order valence-corrected chi connectivity index (χ1v) is 7.88. The van der Waals surface area contributed by atoms with Gasteiger partial charge in [0.2, 0.25) is 0 Å². The predicted octanol–water partition coefficient (Wildman–Crippen LogP) is 4.64. The Morgan fingerprint density at radius 1 is 1.22 bits per heavy atom. The van der Waals surface area contributed by atoms with Crippen molar-refractivity contribution in [3.8, 4) is 0 Å². The maximum Gasteiger partial charge on any atom is -0.00141 e. The molecule has 1 rings (SSSR count). The minimum Gasteiger partial charge on any atom is -0.316 e. The van der Waals surface area contributed by atoms with Gasteiger partial charge in [0.15, 0.2) is 0 Å². The summed E-state index contributed by atoms with van der Waals surface area (Å²) in [5.41, 5.74) is 1.64. The Bertz CT molecular complexity index is 254. The predicted molar refractivity (Wildman–Crippen MR) is 81.8 cm³/mol. The van der Waals surface area contributed by atoms with Gasteiger partial charge in [-0.3, -0.25) is 0 Å². The van der Waals surface area contributed by atoms with Crippen molar-refractivity contribution in [3.05, 3.63) is 11.6 Å². The van der Waals surface area contributed by atoms with Gasteiger partial charge < -0.3 is 5.32 Å². The van der Waals surface area contributed by atoms with Crippen LogP contribution in [0.1, 0.15) is 60.3 Å². The highest BCUT2D eigenvalue weighted by Crippen LogP contribution is 2.36. The third-order valence-corrected chi connectivity index (χ3v) is 4.58. The van der Waals surface area contributed by atoms with Crippen molar-refractivity contribution in [3.63, 3.8) is 0 Å². The number of rotatable bonds is 6. The van der Waals surface area contributed by atoms with E-state index in [4.69, 9.17) is 0 Å². The van der Waals surface area contributed by atoms with E-state index in [-0.39, 0.29) is 0 Å². The van der Waals surface area contributed by atoms with Crippen LogP contribution in [0, 0.1) is 23.7 Å². The molecule has 0 aromatic rings. The molecule has 0 spiro atoms. The Kier molecular flexibility index (Phi) is 6.99. The molecule has 1 fully saturated rings. The highest BCUT2D eigenvalue weighted by atomic mass is 14.8. The molecule has 18 heavy (non-hydrogen) atoms. The third-order valence-electron chi connectivity index (χ3n) is 4.58. The van der Waals surface area contributed by atoms with E-state index < -0.39 is 0 Å². The lowest BCUT2D eigenvalue weighted by Crippen LogP contribution is -2.22. The Hall–Kier alpha value is -0.300. The minimum atomic E-state index is 0.760. The van der Waals surface area contributed by atoms with Gasteiger partial charge in [-0.25, -0.2) is 0 Å². The summed E-state index contributed by atoms with van der Waals surface area (Å²) in [6.07, 6.45) is 7.90. The van der Waals surface area contributed by atoms with Crippen LogP contribution in [-0.2, 0) is 0 Å². The summed E-state index contributed by atoms with van der Waals surface area (Å²) >= 11 is 0. The van der Waals surface area contributed by atoms with Crippen molar-refractivity contribution in [1.82, 2.24) is 5.32 Å². The molecule has 1 aliphatic rings. The Balaban J connectivity index is 2.24. The first-order valence-electron chi connectivity index (χ1n) is 7.88. The minimum absolute atomic E-state index is 0.760. The molecule has 106 valence electrons. The fourth-order valence-electron chi connectivity index (χ4n) is 2.92. The van der Waals surface area contributed by atoms with E-state index in [0.717, 1.165) is 36.8 Å². The van der Waals surface area contributed by atoms with Crippen LogP contribution in [0.5, 0.6) is 0 Å². The average molecular weight is 251 g/mol. The Morgan fingerprint density at radius 2 is 1.94 bits per heavy atom. The maximum absolute atomic E-state index is 3.51. The van der Waals surface area contributed by atoms with Gasteiger partial charge in [-0.2, -0.15) is 0 Å². The topological polar surface area (TPSA) is 12.0 Å². The van der Waals surface area contributed by atoms with Crippen molar-refractivity contribution in [1.29, 1.82) is 0 Å². The van der Waals surface area contributed by atoms with Gasteiger partial charge in [0.1, 0.15) is 0 Å². The van der Waals surface area contributed by atoms with Gasteiger partial charge in [-0.15, -0.1) is 0 Å². The van der Waals surface area contributed by atoms with E-state index in [1.54, 1.807) is 5.57 Å². The van der Waals surface area contributed by atoms with Crippen LogP contribution in [0.3, 0.4) is 0 Å². The monoisotopic (exact) mass is 251 g/mol. The zero-order valence-corrected chi connectivity index (χ0v) is 13.1. The van der Waals surface area contributed by atoms with Gasteiger partial charge in [0, 0.05) is 0 Å². The van der Waals surface area contributed by atoms with Crippen molar-refractivity contribution in [2.75, 3.05) is 13.1 Å². The van der Waals surface area contributed by atoms with E-state index in [1.165, 1.54) is 25.7 Å². The lowest BCUT2D eigenvalue weighted by atomic mass is 9.73. The standard InChI is InChI=1S/C17H33N/c1-13(2)12-18-10-6-7-15(4)17-9-8-14(3)16(5)11-17/h7,13-14,16-18H,6,8-12H2,1-5H3. The first kappa shape index (κ1) is 15.8. The highest BCUT2D eigenvalue weighted by molar-refractivity contribution is 5.05. The summed E-state index contributed by atoms with van der Waals surface area (Å²) in [5.74, 6) is 3.46. The van der Waals surface area contributed by atoms with Crippen LogP contribution in [0.4, 0.5) is 0 Å². The van der Waals surface area contributed by atoms with Crippen LogP contribution in [0.2, 0.25) is 0 Å². The molecule has 0 saturated heterocycles. The SMILES string of the molecule is CC(=CCCNCC(C)C)C1CCC(C)C(C)C1. The van der Waals surface area contributed by atoms with E-state index in [2.05, 4.69) is 46.0 Å². The van der Waals surface area contributed by atoms with Crippen molar-refractivity contribution >= 4 is 0 Å². The van der Waals surface area contributed by atoms with Crippen molar-refractivity contribution in [2.24, 2.45) is 23.7 Å². The first-order chi connectivity index (χ1) is 8.50. The molecule has 0 heterocycles. The quantitative estimate of drug-likeness (QED) is 0.535. The summed E-state index contributed by atoms with van der Waals surface area (Å²) in [7, 11) is 0. The zero-order valence-electron chi connectivity index (χ0n) is 13.1. The van der Waals surface area contributed by atoms with E-state index in [9.17, 15) is 0 Å². The molecule has 1 heteroatoms. The fraction of sp³-hybridized carbons (Fsp3) is 0.882. The third kappa shape index (κ3) is 5.56. The molecule has 3 unspecified atom stereocenters. The fourth-order valence-corrected chi connectivity index (χ4v) is 2.92. The number of nitrogens with one attached hydrogen (secondary N) is 1. The molecule has 0 aliphatic heterocycles. The van der Waals surface area contributed by atoms with Gasteiger partial charge in [-0.1, -0.05) is 39.3 Å². The summed E-state index contributed by atoms with van der Waals surface area (Å²) in [6, 6.07) is 0. The van der Waals surface area contributed by atoms with Crippen molar-refractivity contribution in [2.45, 2.75) is 60.3 Å². The molecule has 0 amide bonds. The van der Waals surface area contributed by atoms with E-state index >= 15 is 0 Å². The molecule has 1 N–H and O–H groups in total. The second kappa shape index (κ2) is 7.99. The second-order valence-electron chi connectivity index (χ2n) is 6.80. The molecule has 0 radical (unpaired) electrons. The summed E-state index contributed by atoms with van der Waals surface area (Å²) in [4.78, 5) is 0. The molecule has 0 aromatic carbocycles. The lowest BCUT2D eigenvalue weighted by Gasteiger charge is -2.32. The van der Waals surface area contributed by atoms with Crippen LogP contribution in [-0.4, -0.2) is 13.1 Å². The van der Waals surface area contributed by atoms with Crippen LogP contribution in [0.25, 0.3) is 0 Å². The second-order valence-corrected chi connectivity index (χ2v) is 6.80. The normalized spacial score (nSPS) is 29.9. The number of hydrogen-bond acceptors (Lipinski definition) is 1.